The maximum atomic E-state index is 4.59. The van der Waals surface area contributed by atoms with E-state index in [9.17, 15) is 0 Å². The molecule has 0 saturated heterocycles. The maximum Gasteiger partial charge on any atom is 0.0926 e. The van der Waals surface area contributed by atoms with Crippen molar-refractivity contribution in [3.63, 3.8) is 0 Å². The molecule has 2 heterocycles. The Kier molecular flexibility index (Phi) is 4.45. The van der Waals surface area contributed by atoms with Crippen LogP contribution in [0.1, 0.15) is 34.8 Å². The lowest BCUT2D eigenvalue weighted by molar-refractivity contribution is 0.467. The molecule has 0 radical (unpaired) electrons. The zero-order valence-electron chi connectivity index (χ0n) is 11.9. The molecule has 1 unspecified atom stereocenters. The van der Waals surface area contributed by atoms with Crippen molar-refractivity contribution in [3.05, 3.63) is 51.5 Å². The molecule has 0 aliphatic carbocycles. The number of rotatable bonds is 5. The fraction of sp³-hybridized carbons (Fsp3) is 0.438. The third kappa shape index (κ3) is 3.08. The summed E-state index contributed by atoms with van der Waals surface area (Å²) >= 11 is 1.76. The zero-order valence-corrected chi connectivity index (χ0v) is 12.7. The van der Waals surface area contributed by atoms with Crippen LogP contribution in [-0.2, 0) is 19.4 Å². The summed E-state index contributed by atoms with van der Waals surface area (Å²) < 4.78 is 0. The Labute approximate surface area is 124 Å². The van der Waals surface area contributed by atoms with E-state index in [1.165, 1.54) is 16.1 Å². The number of nitrogens with zero attached hydrogens (tertiary/aromatic N) is 1. The van der Waals surface area contributed by atoms with Gasteiger partial charge in [0.1, 0.15) is 0 Å². The molecule has 0 spiro atoms. The van der Waals surface area contributed by atoms with Crippen LogP contribution < -0.4 is 10.6 Å². The summed E-state index contributed by atoms with van der Waals surface area (Å²) in [7, 11) is 0. The molecule has 1 aromatic carbocycles. The van der Waals surface area contributed by atoms with E-state index in [2.05, 4.69) is 52.2 Å². The summed E-state index contributed by atoms with van der Waals surface area (Å²) in [5, 5.41) is 10.5. The van der Waals surface area contributed by atoms with Gasteiger partial charge in [-0.15, -0.1) is 11.3 Å². The predicted octanol–water partition coefficient (Wildman–Crippen LogP) is 2.68. The molecule has 1 aliphatic heterocycles. The third-order valence-corrected chi connectivity index (χ3v) is 4.81. The van der Waals surface area contributed by atoms with Crippen LogP contribution in [0.4, 0.5) is 0 Å². The molecule has 0 amide bonds. The minimum Gasteiger partial charge on any atom is -0.309 e. The first kappa shape index (κ1) is 13.7. The van der Waals surface area contributed by atoms with Gasteiger partial charge in [0.25, 0.3) is 0 Å². The summed E-state index contributed by atoms with van der Waals surface area (Å²) in [6, 6.07) is 9.18. The number of nitrogens with one attached hydrogen (secondary N) is 2. The number of fused-ring (bicyclic) bond motifs is 1. The fourth-order valence-corrected chi connectivity index (χ4v) is 3.46. The van der Waals surface area contributed by atoms with Gasteiger partial charge in [0.15, 0.2) is 0 Å². The van der Waals surface area contributed by atoms with Crippen LogP contribution in [0, 0.1) is 0 Å². The van der Waals surface area contributed by atoms with Crippen molar-refractivity contribution in [2.75, 3.05) is 13.1 Å². The molecule has 106 valence electrons. The molecular weight excluding hydrogens is 266 g/mol. The van der Waals surface area contributed by atoms with Crippen LogP contribution in [-0.4, -0.2) is 18.1 Å². The van der Waals surface area contributed by atoms with Crippen LogP contribution in [0.25, 0.3) is 0 Å². The van der Waals surface area contributed by atoms with E-state index in [4.69, 9.17) is 0 Å². The molecule has 3 nitrogen and oxygen atoms in total. The average Bonchev–Trinajstić information content (AvgIpc) is 2.95. The first-order valence-electron chi connectivity index (χ1n) is 7.32. The quantitative estimate of drug-likeness (QED) is 0.888. The number of thiazole rings is 1. The van der Waals surface area contributed by atoms with Gasteiger partial charge in [-0.3, -0.25) is 0 Å². The fourth-order valence-electron chi connectivity index (χ4n) is 2.71. The molecule has 0 fully saturated rings. The number of benzene rings is 1. The van der Waals surface area contributed by atoms with E-state index in [1.54, 1.807) is 11.3 Å². The molecule has 0 saturated carbocycles. The first-order chi connectivity index (χ1) is 9.86. The summed E-state index contributed by atoms with van der Waals surface area (Å²) in [6.45, 7) is 5.03. The smallest absolute Gasteiger partial charge is 0.0926 e. The van der Waals surface area contributed by atoms with Crippen molar-refractivity contribution in [2.24, 2.45) is 0 Å². The van der Waals surface area contributed by atoms with Gasteiger partial charge in [-0.05, 0) is 30.5 Å². The Morgan fingerprint density at radius 1 is 1.40 bits per heavy atom. The van der Waals surface area contributed by atoms with E-state index in [0.717, 1.165) is 38.2 Å². The molecule has 4 heteroatoms. The summed E-state index contributed by atoms with van der Waals surface area (Å²) in [5.74, 6) is 0. The minimum atomic E-state index is 0.421. The van der Waals surface area contributed by atoms with Gasteiger partial charge in [0.05, 0.1) is 10.7 Å². The maximum absolute atomic E-state index is 4.59. The lowest BCUT2D eigenvalue weighted by Crippen LogP contribution is -2.36. The highest BCUT2D eigenvalue weighted by Crippen LogP contribution is 2.22. The Morgan fingerprint density at radius 2 is 2.30 bits per heavy atom. The van der Waals surface area contributed by atoms with Gasteiger partial charge in [-0.25, -0.2) is 4.98 Å². The summed E-state index contributed by atoms with van der Waals surface area (Å²) in [5.41, 5.74) is 4.09. The predicted molar refractivity (Wildman–Crippen MR) is 84.1 cm³/mol. The minimum absolute atomic E-state index is 0.421. The van der Waals surface area contributed by atoms with Crippen molar-refractivity contribution in [1.82, 2.24) is 15.6 Å². The van der Waals surface area contributed by atoms with E-state index < -0.39 is 0 Å². The van der Waals surface area contributed by atoms with Crippen LogP contribution in [0.3, 0.4) is 0 Å². The van der Waals surface area contributed by atoms with Gasteiger partial charge >= 0.3 is 0 Å². The Bertz CT molecular complexity index is 564. The van der Waals surface area contributed by atoms with E-state index in [1.807, 2.05) is 0 Å². The van der Waals surface area contributed by atoms with Crippen molar-refractivity contribution < 1.29 is 0 Å². The van der Waals surface area contributed by atoms with Crippen molar-refractivity contribution in [1.29, 1.82) is 0 Å². The van der Waals surface area contributed by atoms with E-state index in [0.29, 0.717) is 6.04 Å². The number of hydrogen-bond acceptors (Lipinski definition) is 4. The van der Waals surface area contributed by atoms with Gasteiger partial charge in [-0.1, -0.05) is 31.2 Å². The molecule has 0 bridgehead atoms. The van der Waals surface area contributed by atoms with Crippen LogP contribution in [0.15, 0.2) is 29.6 Å². The lowest BCUT2D eigenvalue weighted by atomic mass is 9.94. The highest BCUT2D eigenvalue weighted by atomic mass is 32.1. The normalized spacial score (nSPS) is 17.9. The Morgan fingerprint density at radius 3 is 3.15 bits per heavy atom. The van der Waals surface area contributed by atoms with Gasteiger partial charge in [-0.2, -0.15) is 0 Å². The highest BCUT2D eigenvalue weighted by molar-refractivity contribution is 7.09. The second kappa shape index (κ2) is 6.48. The second-order valence-electron chi connectivity index (χ2n) is 5.17. The summed E-state index contributed by atoms with van der Waals surface area (Å²) in [6.07, 6.45) is 2.17. The van der Waals surface area contributed by atoms with Gasteiger partial charge in [0.2, 0.25) is 0 Å². The molecule has 1 aliphatic rings. The molecule has 3 rings (SSSR count). The third-order valence-electron chi connectivity index (χ3n) is 3.77. The van der Waals surface area contributed by atoms with Crippen LogP contribution in [0.5, 0.6) is 0 Å². The first-order valence-corrected chi connectivity index (χ1v) is 8.20. The standard InChI is InChI=1S/C16H21N3S/c1-2-16-19-13(11-20-16)9-17-10-15-14-6-4-3-5-12(14)7-8-18-15/h3-6,11,15,17-18H,2,7-10H2,1H3. The zero-order chi connectivity index (χ0) is 13.8. The number of hydrogen-bond donors (Lipinski definition) is 2. The van der Waals surface area contributed by atoms with Crippen molar-refractivity contribution in [2.45, 2.75) is 32.4 Å². The summed E-state index contributed by atoms with van der Waals surface area (Å²) in [4.78, 5) is 4.59. The molecule has 1 atom stereocenters. The topological polar surface area (TPSA) is 37.0 Å². The van der Waals surface area contributed by atoms with E-state index >= 15 is 0 Å². The van der Waals surface area contributed by atoms with Crippen LogP contribution >= 0.6 is 11.3 Å². The van der Waals surface area contributed by atoms with Gasteiger partial charge < -0.3 is 10.6 Å². The Balaban J connectivity index is 1.57. The largest absolute Gasteiger partial charge is 0.309 e. The highest BCUT2D eigenvalue weighted by Gasteiger charge is 2.18. The molecular formula is C16H21N3S. The molecule has 2 N–H and O–H groups in total. The molecule has 1 aromatic heterocycles. The Hall–Kier alpha value is -1.23. The van der Waals surface area contributed by atoms with Crippen LogP contribution in [0.2, 0.25) is 0 Å². The number of aromatic nitrogens is 1. The number of aryl methyl sites for hydroxylation is 1. The second-order valence-corrected chi connectivity index (χ2v) is 6.12. The molecule has 2 aromatic rings. The monoisotopic (exact) mass is 287 g/mol. The average molecular weight is 287 g/mol. The molecule has 20 heavy (non-hydrogen) atoms. The lowest BCUT2D eigenvalue weighted by Gasteiger charge is -2.27. The van der Waals surface area contributed by atoms with E-state index in [-0.39, 0.29) is 0 Å². The van der Waals surface area contributed by atoms with Gasteiger partial charge in [0, 0.05) is 24.5 Å². The van der Waals surface area contributed by atoms with Crippen molar-refractivity contribution >= 4 is 11.3 Å². The SMILES string of the molecule is CCc1nc(CNCC2NCCc3ccccc32)cs1. The van der Waals surface area contributed by atoms with Crippen molar-refractivity contribution in [3.8, 4) is 0 Å².